The van der Waals surface area contributed by atoms with Crippen LogP contribution in [0.3, 0.4) is 0 Å². The van der Waals surface area contributed by atoms with Gasteiger partial charge in [0.25, 0.3) is 0 Å². The quantitative estimate of drug-likeness (QED) is 0.117. The minimum absolute atomic E-state index is 0.00213. The number of esters is 1. The highest BCUT2D eigenvalue weighted by molar-refractivity contribution is 5.99. The van der Waals surface area contributed by atoms with Crippen LogP contribution in [0.5, 0.6) is 0 Å². The number of nitrogens with one attached hydrogen (secondary N) is 4. The summed E-state index contributed by atoms with van der Waals surface area (Å²) in [5, 5.41) is 11.0. The van der Waals surface area contributed by atoms with Gasteiger partial charge in [0.2, 0.25) is 65.0 Å². The lowest BCUT2D eigenvalue weighted by molar-refractivity contribution is -0.164. The Morgan fingerprint density at radius 2 is 0.899 bits per heavy atom. The fourth-order valence-electron chi connectivity index (χ4n) is 11.2. The molecule has 1 aliphatic rings. The highest BCUT2D eigenvalue weighted by Crippen LogP contribution is 2.27. The number of amides is 11. The Labute approximate surface area is 532 Å². The summed E-state index contributed by atoms with van der Waals surface area (Å²) < 4.78 is 5.96. The molecule has 0 aromatic carbocycles. The monoisotopic (exact) mass is 1260 g/mol. The number of nitrogens with zero attached hydrogens (tertiary/aromatic N) is 7. The molecule has 0 aromatic heterocycles. The molecule has 0 aromatic rings. The maximum atomic E-state index is 15.4. The maximum absolute atomic E-state index is 15.4. The summed E-state index contributed by atoms with van der Waals surface area (Å²) >= 11 is 0. The summed E-state index contributed by atoms with van der Waals surface area (Å²) in [7, 11) is 9.91. The van der Waals surface area contributed by atoms with E-state index in [4.69, 9.17) is 4.74 Å². The fourth-order valence-corrected chi connectivity index (χ4v) is 11.2. The van der Waals surface area contributed by atoms with Gasteiger partial charge in [0.05, 0.1) is 6.54 Å². The normalized spacial score (nSPS) is 26.1. The smallest absolute Gasteiger partial charge is 0.303 e. The lowest BCUT2D eigenvalue weighted by Crippen LogP contribution is -2.64. The summed E-state index contributed by atoms with van der Waals surface area (Å²) in [6.45, 7) is 30.6. The summed E-state index contributed by atoms with van der Waals surface area (Å²) in [6.07, 6.45) is 4.03. The van der Waals surface area contributed by atoms with E-state index in [-0.39, 0.29) is 55.8 Å². The molecule has 1 rings (SSSR count). The average molecular weight is 1260 g/mol. The second kappa shape index (κ2) is 36.9. The van der Waals surface area contributed by atoms with Crippen LogP contribution in [0.2, 0.25) is 0 Å². The maximum Gasteiger partial charge on any atom is 0.303 e. The van der Waals surface area contributed by atoms with Gasteiger partial charge in [-0.05, 0) is 100 Å². The lowest BCUT2D eigenvalue weighted by Gasteiger charge is -2.42. The Morgan fingerprint density at radius 1 is 0.472 bits per heavy atom. The van der Waals surface area contributed by atoms with Crippen LogP contribution in [0.4, 0.5) is 0 Å². The first-order valence-corrected chi connectivity index (χ1v) is 32.0. The third kappa shape index (κ3) is 23.3. The third-order valence-corrected chi connectivity index (χ3v) is 16.5. The highest BCUT2D eigenvalue weighted by Gasteiger charge is 2.47. The summed E-state index contributed by atoms with van der Waals surface area (Å²) in [5.41, 5.74) is 0. The van der Waals surface area contributed by atoms with Crippen LogP contribution in [0.1, 0.15) is 170 Å². The molecule has 1 aliphatic heterocycles. The standard InChI is InChI=1S/C65H115N11O13/c1-26-28-29-30-42(15)55(89-45(18)77)54-59(82)68-46(27-2)61(84)70(19)35-51(78)71(20)47(31-36(3)4)58(81)69-52(40(11)12)64(87)72(21)48(32-37(5)6)57(80)66-43(16)56(79)67-44(17)60(83)73(22)49(33-38(7)8)62(85)74(23)50(34-39(9)10)63(86)75(24)53(41(13)14)65(88)76(54)25/h28-29,36-44,46-50,52-55H,26-27,30-35H2,1-25H3,(H,66,80)(H,67,79)(H,68,82)(H,69,81)/b29-28+/t42-,43+,44-,46+,47+,48+,49-,50+,52+,53+,54+,55-/m1/s1. The number of carbonyl (C=O) groups is 12. The Balaban J connectivity index is 4.45. The van der Waals surface area contributed by atoms with Crippen LogP contribution >= 0.6 is 0 Å². The first kappa shape index (κ1) is 80.4. The third-order valence-electron chi connectivity index (χ3n) is 16.5. The van der Waals surface area contributed by atoms with E-state index in [9.17, 15) is 38.4 Å². The number of likely N-dealkylation sites (N-methyl/N-ethyl adjacent to an activating group) is 7. The molecule has 24 heteroatoms. The van der Waals surface area contributed by atoms with Crippen LogP contribution in [0.15, 0.2) is 12.2 Å². The van der Waals surface area contributed by atoms with E-state index >= 15 is 19.2 Å². The van der Waals surface area contributed by atoms with Crippen molar-refractivity contribution in [1.29, 1.82) is 0 Å². The van der Waals surface area contributed by atoms with E-state index < -0.39 is 162 Å². The van der Waals surface area contributed by atoms with Gasteiger partial charge >= 0.3 is 5.97 Å². The average Bonchev–Trinajstić information content (AvgIpc) is 0.961. The molecule has 24 nitrogen and oxygen atoms in total. The molecular weight excluding hydrogens is 1140 g/mol. The zero-order chi connectivity index (χ0) is 69.0. The highest BCUT2D eigenvalue weighted by atomic mass is 16.5. The zero-order valence-corrected chi connectivity index (χ0v) is 58.6. The number of rotatable bonds is 17. The Morgan fingerprint density at radius 3 is 1.35 bits per heavy atom. The Hall–Kier alpha value is -6.62. The van der Waals surface area contributed by atoms with Gasteiger partial charge in [-0.1, -0.05) is 116 Å². The minimum atomic E-state index is -1.61. The van der Waals surface area contributed by atoms with Crippen molar-refractivity contribution in [2.75, 3.05) is 55.9 Å². The first-order valence-electron chi connectivity index (χ1n) is 32.0. The molecule has 4 N–H and O–H groups in total. The molecule has 11 amide bonds. The molecule has 89 heavy (non-hydrogen) atoms. The van der Waals surface area contributed by atoms with Crippen molar-refractivity contribution in [2.45, 2.75) is 236 Å². The van der Waals surface area contributed by atoms with Gasteiger partial charge in [0.1, 0.15) is 66.5 Å². The molecule has 0 saturated carbocycles. The molecule has 12 atom stereocenters. The van der Waals surface area contributed by atoms with Crippen molar-refractivity contribution in [3.63, 3.8) is 0 Å². The van der Waals surface area contributed by atoms with Crippen molar-refractivity contribution in [3.8, 4) is 0 Å². The second-order valence-electron chi connectivity index (χ2n) is 27.0. The zero-order valence-electron chi connectivity index (χ0n) is 58.6. The Bertz CT molecular complexity index is 2470. The summed E-state index contributed by atoms with van der Waals surface area (Å²) in [4.78, 5) is 183. The second-order valence-corrected chi connectivity index (χ2v) is 27.0. The molecule has 508 valence electrons. The molecule has 0 aliphatic carbocycles. The minimum Gasteiger partial charge on any atom is -0.459 e. The van der Waals surface area contributed by atoms with Gasteiger partial charge in [-0.3, -0.25) is 57.5 Å². The largest absolute Gasteiger partial charge is 0.459 e. The van der Waals surface area contributed by atoms with E-state index in [1.54, 1.807) is 41.5 Å². The molecule has 1 fully saturated rings. The van der Waals surface area contributed by atoms with E-state index in [1.807, 2.05) is 74.5 Å². The molecular formula is C65H115N11O13. The molecule has 0 spiro atoms. The number of allylic oxidation sites excluding steroid dienone is 2. The van der Waals surface area contributed by atoms with E-state index in [2.05, 4.69) is 21.3 Å². The molecule has 0 unspecified atom stereocenters. The lowest BCUT2D eigenvalue weighted by atomic mass is 9.91. The fraction of sp³-hybridized carbons (Fsp3) is 0.785. The number of hydrogen-bond donors (Lipinski definition) is 4. The number of carbonyl (C=O) groups excluding carboxylic acids is 12. The van der Waals surface area contributed by atoms with E-state index in [1.165, 1.54) is 94.6 Å². The number of hydrogen-bond acceptors (Lipinski definition) is 13. The first-order chi connectivity index (χ1) is 41.1. The van der Waals surface area contributed by atoms with Gasteiger partial charge in [-0.25, -0.2) is 0 Å². The van der Waals surface area contributed by atoms with Crippen molar-refractivity contribution >= 4 is 70.9 Å². The van der Waals surface area contributed by atoms with Gasteiger partial charge in [0, 0.05) is 56.3 Å². The van der Waals surface area contributed by atoms with Crippen LogP contribution in [0.25, 0.3) is 0 Å². The van der Waals surface area contributed by atoms with Crippen molar-refractivity contribution in [1.82, 2.24) is 55.6 Å². The van der Waals surface area contributed by atoms with Crippen molar-refractivity contribution in [3.05, 3.63) is 12.2 Å². The van der Waals surface area contributed by atoms with Gasteiger partial charge in [-0.2, -0.15) is 0 Å². The van der Waals surface area contributed by atoms with Gasteiger partial charge in [0.15, 0.2) is 0 Å². The molecule has 1 saturated heterocycles. The molecule has 0 radical (unpaired) electrons. The van der Waals surface area contributed by atoms with Gasteiger partial charge < -0.3 is 60.3 Å². The predicted molar refractivity (Wildman–Crippen MR) is 343 cm³/mol. The van der Waals surface area contributed by atoms with E-state index in [0.717, 1.165) is 9.80 Å². The molecule has 0 bridgehead atoms. The van der Waals surface area contributed by atoms with Crippen molar-refractivity contribution in [2.24, 2.45) is 41.4 Å². The van der Waals surface area contributed by atoms with Crippen LogP contribution in [-0.2, 0) is 62.3 Å². The summed E-state index contributed by atoms with van der Waals surface area (Å²) in [5.74, 6) is -10.7. The molecule has 1 heterocycles. The SMILES string of the molecule is CC/C=C/C[C@@H](C)[C@@H](OC(C)=O)[C@H]1C(=O)N[C@@H](CC)C(=O)N(C)CC(=O)N(C)[C@@H](CC(C)C)C(=O)N[C@@H](C(C)C)C(=O)N(C)[C@@H](CC(C)C)C(=O)N[C@@H](C)C(=O)N[C@H](C)C(=O)N(C)[C@H](CC(C)C)C(=O)N(C)[C@@H](CC(C)C)C(=O)N(C)[C@@H](C(C)C)C(=O)N1C. The topological polar surface area (TPSA) is 285 Å². The summed E-state index contributed by atoms with van der Waals surface area (Å²) in [6, 6.07) is -12.5. The predicted octanol–water partition coefficient (Wildman–Crippen LogP) is 4.23. The Kier molecular flexibility index (Phi) is 33.3. The van der Waals surface area contributed by atoms with Crippen molar-refractivity contribution < 1.29 is 62.3 Å². The number of ether oxygens (including phenoxy) is 1. The van der Waals surface area contributed by atoms with Crippen LogP contribution in [-0.4, -0.2) is 228 Å². The van der Waals surface area contributed by atoms with Crippen LogP contribution < -0.4 is 21.3 Å². The van der Waals surface area contributed by atoms with E-state index in [0.29, 0.717) is 12.8 Å². The van der Waals surface area contributed by atoms with Gasteiger partial charge in [-0.15, -0.1) is 0 Å². The van der Waals surface area contributed by atoms with Crippen LogP contribution in [0, 0.1) is 41.4 Å².